The number of aromatic nitrogens is 2. The van der Waals surface area contributed by atoms with Gasteiger partial charge >= 0.3 is 6.18 Å². The molecule has 8 heteroatoms. The number of rotatable bonds is 4. The Morgan fingerprint density at radius 1 is 0.963 bits per heavy atom. The van der Waals surface area contributed by atoms with Crippen molar-refractivity contribution in [3.05, 3.63) is 58.9 Å². The first kappa shape index (κ1) is 18.9. The maximum Gasteiger partial charge on any atom is 0.451 e. The van der Waals surface area contributed by atoms with Crippen molar-refractivity contribution in [3.8, 4) is 11.5 Å². The van der Waals surface area contributed by atoms with Gasteiger partial charge in [0.25, 0.3) is 0 Å². The maximum atomic E-state index is 13.8. The van der Waals surface area contributed by atoms with E-state index in [1.54, 1.807) is 6.07 Å². The molecule has 2 aromatic carbocycles. The summed E-state index contributed by atoms with van der Waals surface area (Å²) in [5.74, 6) is -0.653. The summed E-state index contributed by atoms with van der Waals surface area (Å²) >= 11 is 0. The van der Waals surface area contributed by atoms with E-state index in [9.17, 15) is 17.6 Å². The third-order valence-electron chi connectivity index (χ3n) is 4.29. The molecule has 0 atom stereocenters. The molecule has 0 amide bonds. The molecule has 0 N–H and O–H groups in total. The lowest BCUT2D eigenvalue weighted by molar-refractivity contribution is -0.145. The van der Waals surface area contributed by atoms with Crippen molar-refractivity contribution in [2.24, 2.45) is 0 Å². The van der Waals surface area contributed by atoms with Gasteiger partial charge in [0, 0.05) is 35.2 Å². The number of nitrogens with zero attached hydrogens (tertiary/aromatic N) is 2. The Labute approximate surface area is 152 Å². The maximum absolute atomic E-state index is 13.8. The molecule has 0 aliphatic rings. The number of alkyl halides is 3. The molecule has 0 saturated heterocycles. The molecular formula is C19H16F4N2O2. The molecule has 3 aromatic rings. The van der Waals surface area contributed by atoms with Gasteiger partial charge in [-0.2, -0.15) is 13.2 Å². The van der Waals surface area contributed by atoms with Crippen LogP contribution < -0.4 is 9.47 Å². The zero-order valence-corrected chi connectivity index (χ0v) is 14.8. The second-order valence-electron chi connectivity index (χ2n) is 5.95. The normalized spacial score (nSPS) is 11.7. The van der Waals surface area contributed by atoms with Crippen LogP contribution in [0.1, 0.15) is 22.5 Å². The van der Waals surface area contributed by atoms with Gasteiger partial charge in [-0.1, -0.05) is 0 Å². The topological polar surface area (TPSA) is 44.2 Å². The van der Waals surface area contributed by atoms with E-state index >= 15 is 0 Å². The number of hydrogen-bond acceptors (Lipinski definition) is 4. The summed E-state index contributed by atoms with van der Waals surface area (Å²) in [6, 6.07) is 4.26. The van der Waals surface area contributed by atoms with Gasteiger partial charge in [-0.15, -0.1) is 0 Å². The molecule has 0 unspecified atom stereocenters. The smallest absolute Gasteiger partial charge is 0.451 e. The van der Waals surface area contributed by atoms with E-state index in [0.29, 0.717) is 33.4 Å². The fourth-order valence-electron chi connectivity index (χ4n) is 3.08. The first-order valence-corrected chi connectivity index (χ1v) is 7.97. The minimum absolute atomic E-state index is 0.204. The van der Waals surface area contributed by atoms with Crippen LogP contribution in [-0.2, 0) is 12.6 Å². The zero-order valence-electron chi connectivity index (χ0n) is 14.8. The van der Waals surface area contributed by atoms with E-state index in [-0.39, 0.29) is 6.42 Å². The molecule has 0 saturated carbocycles. The third kappa shape index (κ3) is 3.51. The van der Waals surface area contributed by atoms with Crippen LogP contribution in [0.5, 0.6) is 11.5 Å². The third-order valence-corrected chi connectivity index (χ3v) is 4.29. The van der Waals surface area contributed by atoms with Crippen molar-refractivity contribution in [2.45, 2.75) is 19.5 Å². The Hall–Kier alpha value is -2.90. The fraction of sp³-hybridized carbons (Fsp3) is 0.263. The Morgan fingerprint density at radius 2 is 1.59 bits per heavy atom. The van der Waals surface area contributed by atoms with Gasteiger partial charge in [-0.3, -0.25) is 0 Å². The molecule has 0 aliphatic heterocycles. The number of fused-ring (bicyclic) bond motifs is 1. The molecular weight excluding hydrogens is 364 g/mol. The highest BCUT2D eigenvalue weighted by Crippen LogP contribution is 2.41. The lowest BCUT2D eigenvalue weighted by Crippen LogP contribution is -2.11. The highest BCUT2D eigenvalue weighted by Gasteiger charge is 2.34. The van der Waals surface area contributed by atoms with E-state index in [1.165, 1.54) is 26.4 Å². The van der Waals surface area contributed by atoms with Gasteiger partial charge in [0.1, 0.15) is 17.3 Å². The number of methoxy groups -OCH3 is 2. The molecule has 142 valence electrons. The van der Waals surface area contributed by atoms with Crippen LogP contribution in [-0.4, -0.2) is 24.2 Å². The van der Waals surface area contributed by atoms with Crippen LogP contribution >= 0.6 is 0 Å². The zero-order chi connectivity index (χ0) is 19.8. The van der Waals surface area contributed by atoms with Crippen LogP contribution in [0.15, 0.2) is 30.6 Å². The second-order valence-corrected chi connectivity index (χ2v) is 5.95. The minimum Gasteiger partial charge on any atom is -0.496 e. The van der Waals surface area contributed by atoms with Gasteiger partial charge in [0.15, 0.2) is 0 Å². The predicted molar refractivity (Wildman–Crippen MR) is 91.6 cm³/mol. The molecule has 3 rings (SSSR count). The van der Waals surface area contributed by atoms with Gasteiger partial charge in [-0.05, 0) is 36.2 Å². The summed E-state index contributed by atoms with van der Waals surface area (Å²) < 4.78 is 62.7. The number of hydrogen-bond donors (Lipinski definition) is 0. The average molecular weight is 380 g/mol. The summed E-state index contributed by atoms with van der Waals surface area (Å²) in [5, 5.41) is 1.20. The van der Waals surface area contributed by atoms with Crippen molar-refractivity contribution < 1.29 is 27.0 Å². The summed E-state index contributed by atoms with van der Waals surface area (Å²) in [7, 11) is 2.96. The Kier molecular flexibility index (Phi) is 4.91. The van der Waals surface area contributed by atoms with Gasteiger partial charge in [0.05, 0.1) is 14.2 Å². The summed E-state index contributed by atoms with van der Waals surface area (Å²) in [4.78, 5) is 6.76. The molecule has 1 aromatic heterocycles. The van der Waals surface area contributed by atoms with Crippen molar-refractivity contribution >= 4 is 10.8 Å². The summed E-state index contributed by atoms with van der Waals surface area (Å²) in [6.07, 6.45) is -2.15. The summed E-state index contributed by atoms with van der Waals surface area (Å²) in [6.45, 7) is 1.81. The predicted octanol–water partition coefficient (Wildman–Crippen LogP) is 4.70. The Balaban J connectivity index is 2.14. The monoisotopic (exact) mass is 380 g/mol. The quantitative estimate of drug-likeness (QED) is 0.615. The SMILES string of the molecule is COc1c(C)c(Cc2cnc(C(F)(F)F)nc2)c(OC)c2cc(F)ccc12. The summed E-state index contributed by atoms with van der Waals surface area (Å²) in [5.41, 5.74) is 1.87. The molecule has 0 bridgehead atoms. The number of benzene rings is 2. The number of ether oxygens (including phenoxy) is 2. The van der Waals surface area contributed by atoms with Gasteiger partial charge < -0.3 is 9.47 Å². The van der Waals surface area contributed by atoms with E-state index in [1.807, 2.05) is 6.92 Å². The number of halogens is 4. The van der Waals surface area contributed by atoms with Crippen LogP contribution in [0.4, 0.5) is 17.6 Å². The fourth-order valence-corrected chi connectivity index (χ4v) is 3.08. The highest BCUT2D eigenvalue weighted by molar-refractivity contribution is 5.96. The van der Waals surface area contributed by atoms with E-state index < -0.39 is 17.8 Å². The van der Waals surface area contributed by atoms with E-state index in [2.05, 4.69) is 9.97 Å². The van der Waals surface area contributed by atoms with Crippen LogP contribution in [0.3, 0.4) is 0 Å². The van der Waals surface area contributed by atoms with E-state index in [4.69, 9.17) is 9.47 Å². The minimum atomic E-state index is -4.60. The molecule has 27 heavy (non-hydrogen) atoms. The van der Waals surface area contributed by atoms with Crippen LogP contribution in [0.25, 0.3) is 10.8 Å². The molecule has 0 spiro atoms. The average Bonchev–Trinajstić information content (AvgIpc) is 2.62. The standard InChI is InChI=1S/C19H16F4N2O2/c1-10-14(6-11-8-24-18(25-9-11)19(21,22)23)17(27-3)15-7-12(20)4-5-13(15)16(10)26-2/h4-5,7-9H,6H2,1-3H3. The van der Waals surface area contributed by atoms with E-state index in [0.717, 1.165) is 18.0 Å². The molecule has 4 nitrogen and oxygen atoms in total. The Morgan fingerprint density at radius 3 is 2.15 bits per heavy atom. The highest BCUT2D eigenvalue weighted by atomic mass is 19.4. The molecule has 0 aliphatic carbocycles. The lowest BCUT2D eigenvalue weighted by Gasteiger charge is -2.19. The molecule has 1 heterocycles. The first-order chi connectivity index (χ1) is 12.8. The van der Waals surface area contributed by atoms with Crippen molar-refractivity contribution in [1.29, 1.82) is 0 Å². The second kappa shape index (κ2) is 7.02. The van der Waals surface area contributed by atoms with Crippen molar-refractivity contribution in [1.82, 2.24) is 9.97 Å². The van der Waals surface area contributed by atoms with Gasteiger partial charge in [0.2, 0.25) is 5.82 Å². The lowest BCUT2D eigenvalue weighted by atomic mass is 9.94. The van der Waals surface area contributed by atoms with Crippen molar-refractivity contribution in [2.75, 3.05) is 14.2 Å². The molecule has 0 radical (unpaired) electrons. The van der Waals surface area contributed by atoms with Crippen LogP contribution in [0.2, 0.25) is 0 Å². The Bertz CT molecular complexity index is 986. The molecule has 0 fully saturated rings. The largest absolute Gasteiger partial charge is 0.496 e. The van der Waals surface area contributed by atoms with Gasteiger partial charge in [-0.25, -0.2) is 14.4 Å². The van der Waals surface area contributed by atoms with Crippen molar-refractivity contribution in [3.63, 3.8) is 0 Å². The van der Waals surface area contributed by atoms with Crippen LogP contribution in [0, 0.1) is 12.7 Å². The first-order valence-electron chi connectivity index (χ1n) is 7.97.